The maximum atomic E-state index is 12.0. The third-order valence-corrected chi connectivity index (χ3v) is 6.68. The fourth-order valence-corrected chi connectivity index (χ4v) is 4.85. The highest BCUT2D eigenvalue weighted by Crippen LogP contribution is 2.19. The van der Waals surface area contributed by atoms with Gasteiger partial charge in [-0.25, -0.2) is 0 Å². The number of piperazine rings is 2. The summed E-state index contributed by atoms with van der Waals surface area (Å²) in [6, 6.07) is 1.41. The molecule has 0 N–H and O–H groups in total. The first-order valence-corrected chi connectivity index (χ1v) is 11.7. The van der Waals surface area contributed by atoms with E-state index in [4.69, 9.17) is 4.74 Å². The van der Waals surface area contributed by atoms with Crippen LogP contribution in [0.25, 0.3) is 0 Å². The minimum absolute atomic E-state index is 0.0163. The van der Waals surface area contributed by atoms with Crippen LogP contribution in [0.4, 0.5) is 0 Å². The van der Waals surface area contributed by atoms with Crippen LogP contribution in [0.5, 0.6) is 0 Å². The molecular weight excluding hydrogens is 392 g/mol. The molecule has 2 fully saturated rings. The molecule has 7 heteroatoms. The van der Waals surface area contributed by atoms with Crippen LogP contribution in [-0.4, -0.2) is 108 Å². The van der Waals surface area contributed by atoms with Crippen LogP contribution < -0.4 is 0 Å². The summed E-state index contributed by atoms with van der Waals surface area (Å²) in [5.41, 5.74) is 0. The van der Waals surface area contributed by atoms with Crippen molar-refractivity contribution < 1.29 is 14.3 Å². The Bertz CT molecular complexity index is 624. The Morgan fingerprint density at radius 1 is 0.935 bits per heavy atom. The van der Waals surface area contributed by atoms with E-state index >= 15 is 0 Å². The Morgan fingerprint density at radius 3 is 2.00 bits per heavy atom. The van der Waals surface area contributed by atoms with Crippen molar-refractivity contribution in [3.63, 3.8) is 0 Å². The molecule has 0 bridgehead atoms. The number of hydrogen-bond acceptors (Lipinski definition) is 5. The predicted octanol–water partition coefficient (Wildman–Crippen LogP) is 2.00. The minimum atomic E-state index is 0.0163. The average Bonchev–Trinajstić information content (AvgIpc) is 2.79. The van der Waals surface area contributed by atoms with Crippen molar-refractivity contribution in [2.75, 3.05) is 52.5 Å². The molecule has 0 aromatic carbocycles. The lowest BCUT2D eigenvalue weighted by atomic mass is 10.1. The molecule has 0 radical (unpaired) electrons. The fourth-order valence-electron chi connectivity index (χ4n) is 4.85. The normalized spacial score (nSPS) is 24.3. The molecule has 2 rings (SSSR count). The van der Waals surface area contributed by atoms with E-state index in [2.05, 4.69) is 50.7 Å². The van der Waals surface area contributed by atoms with E-state index in [1.807, 2.05) is 9.80 Å². The molecule has 0 saturated carbocycles. The largest absolute Gasteiger partial charge is 0.380 e. The van der Waals surface area contributed by atoms with Crippen LogP contribution in [0.2, 0.25) is 0 Å². The highest BCUT2D eigenvalue weighted by atomic mass is 16.5. The number of rotatable bonds is 10. The summed E-state index contributed by atoms with van der Waals surface area (Å²) in [4.78, 5) is 32.7. The summed E-state index contributed by atoms with van der Waals surface area (Å²) in [6.07, 6.45) is 4.73. The van der Waals surface area contributed by atoms with Gasteiger partial charge < -0.3 is 14.5 Å². The Kier molecular flexibility index (Phi) is 10.2. The van der Waals surface area contributed by atoms with E-state index in [9.17, 15) is 9.59 Å². The van der Waals surface area contributed by atoms with Crippen molar-refractivity contribution in [2.45, 2.75) is 64.7 Å². The second-order valence-electron chi connectivity index (χ2n) is 8.97. The second kappa shape index (κ2) is 12.4. The van der Waals surface area contributed by atoms with E-state index < -0.39 is 0 Å². The Hall–Kier alpha value is -1.70. The number of ether oxygens (including phenoxy) is 1. The van der Waals surface area contributed by atoms with Gasteiger partial charge in [-0.3, -0.25) is 19.4 Å². The zero-order valence-corrected chi connectivity index (χ0v) is 20.0. The molecule has 3 atom stereocenters. The Labute approximate surface area is 188 Å². The lowest BCUT2D eigenvalue weighted by Gasteiger charge is -2.44. The number of carbonyl (C=O) groups excluding carboxylic acids is 2. The van der Waals surface area contributed by atoms with Gasteiger partial charge >= 0.3 is 0 Å². The summed E-state index contributed by atoms with van der Waals surface area (Å²) in [6.45, 7) is 22.1. The third-order valence-electron chi connectivity index (χ3n) is 6.68. The number of carbonyl (C=O) groups is 2. The SMILES string of the molecule is C=CC(=O)N1CCN(C(C)C)C(CCOCC(C)N2CCN(C(=O)C=C)CC2CC)C1. The number of hydrogen-bond donors (Lipinski definition) is 0. The lowest BCUT2D eigenvalue weighted by molar-refractivity contribution is -0.131. The van der Waals surface area contributed by atoms with E-state index in [1.54, 1.807) is 0 Å². The van der Waals surface area contributed by atoms with Crippen molar-refractivity contribution in [1.29, 1.82) is 0 Å². The minimum Gasteiger partial charge on any atom is -0.380 e. The van der Waals surface area contributed by atoms with Gasteiger partial charge in [-0.05, 0) is 45.8 Å². The van der Waals surface area contributed by atoms with Crippen LogP contribution in [0.3, 0.4) is 0 Å². The van der Waals surface area contributed by atoms with Crippen molar-refractivity contribution >= 4 is 11.8 Å². The van der Waals surface area contributed by atoms with Crippen molar-refractivity contribution in [3.05, 3.63) is 25.3 Å². The summed E-state index contributed by atoms with van der Waals surface area (Å²) in [7, 11) is 0. The topological polar surface area (TPSA) is 56.3 Å². The molecule has 2 aliphatic heterocycles. The molecule has 2 heterocycles. The van der Waals surface area contributed by atoms with Crippen LogP contribution in [0.15, 0.2) is 25.3 Å². The van der Waals surface area contributed by atoms with Crippen LogP contribution in [0, 0.1) is 0 Å². The maximum absolute atomic E-state index is 12.0. The van der Waals surface area contributed by atoms with E-state index in [0.29, 0.717) is 37.4 Å². The first kappa shape index (κ1) is 25.6. The number of amides is 2. The second-order valence-corrected chi connectivity index (χ2v) is 8.97. The lowest BCUT2D eigenvalue weighted by Crippen LogP contribution is -2.57. The smallest absolute Gasteiger partial charge is 0.246 e. The van der Waals surface area contributed by atoms with E-state index in [-0.39, 0.29) is 11.8 Å². The van der Waals surface area contributed by atoms with Crippen molar-refractivity contribution in [1.82, 2.24) is 19.6 Å². The molecule has 2 amide bonds. The van der Waals surface area contributed by atoms with E-state index in [0.717, 1.165) is 52.1 Å². The van der Waals surface area contributed by atoms with Crippen molar-refractivity contribution in [3.8, 4) is 0 Å². The molecule has 2 saturated heterocycles. The molecule has 0 aliphatic carbocycles. The molecule has 0 aromatic heterocycles. The molecule has 31 heavy (non-hydrogen) atoms. The van der Waals surface area contributed by atoms with Gasteiger partial charge in [0.05, 0.1) is 6.61 Å². The highest BCUT2D eigenvalue weighted by molar-refractivity contribution is 5.87. The van der Waals surface area contributed by atoms with Gasteiger partial charge in [0, 0.05) is 70.0 Å². The van der Waals surface area contributed by atoms with Gasteiger partial charge in [0.1, 0.15) is 0 Å². The fraction of sp³-hybridized carbons (Fsp3) is 0.750. The van der Waals surface area contributed by atoms with Gasteiger partial charge in [0.15, 0.2) is 0 Å². The maximum Gasteiger partial charge on any atom is 0.246 e. The van der Waals surface area contributed by atoms with Gasteiger partial charge in [0.2, 0.25) is 11.8 Å². The standard InChI is InChI=1S/C24H42N4O3/c1-7-21-16-25(23(29)8-2)12-14-28(21)20(6)18-31-15-10-22-17-26(24(30)9-3)11-13-27(22)19(4)5/h8-9,19-22H,2-3,7,10-18H2,1,4-6H3. The average molecular weight is 435 g/mol. The van der Waals surface area contributed by atoms with Crippen LogP contribution >= 0.6 is 0 Å². The zero-order valence-electron chi connectivity index (χ0n) is 20.0. The predicted molar refractivity (Wildman–Crippen MR) is 125 cm³/mol. The molecule has 3 unspecified atom stereocenters. The first-order chi connectivity index (χ1) is 14.8. The van der Waals surface area contributed by atoms with Crippen molar-refractivity contribution in [2.24, 2.45) is 0 Å². The summed E-state index contributed by atoms with van der Waals surface area (Å²) >= 11 is 0. The third kappa shape index (κ3) is 6.89. The molecule has 0 aromatic rings. The molecular formula is C24H42N4O3. The summed E-state index contributed by atoms with van der Waals surface area (Å²) < 4.78 is 6.10. The molecule has 176 valence electrons. The van der Waals surface area contributed by atoms with Gasteiger partial charge in [0.25, 0.3) is 0 Å². The molecule has 0 spiro atoms. The monoisotopic (exact) mass is 434 g/mol. The van der Waals surface area contributed by atoms with Crippen LogP contribution in [0.1, 0.15) is 40.5 Å². The van der Waals surface area contributed by atoms with Gasteiger partial charge in [-0.2, -0.15) is 0 Å². The quantitative estimate of drug-likeness (QED) is 0.389. The summed E-state index contributed by atoms with van der Waals surface area (Å²) in [5.74, 6) is 0.0378. The highest BCUT2D eigenvalue weighted by Gasteiger charge is 2.32. The van der Waals surface area contributed by atoms with Gasteiger partial charge in [-0.1, -0.05) is 20.1 Å². The van der Waals surface area contributed by atoms with E-state index in [1.165, 1.54) is 12.2 Å². The molecule has 2 aliphatic rings. The van der Waals surface area contributed by atoms with Crippen LogP contribution in [-0.2, 0) is 14.3 Å². The first-order valence-electron chi connectivity index (χ1n) is 11.7. The zero-order chi connectivity index (χ0) is 23.0. The van der Waals surface area contributed by atoms with Gasteiger partial charge in [-0.15, -0.1) is 0 Å². The number of nitrogens with zero attached hydrogens (tertiary/aromatic N) is 4. The Morgan fingerprint density at radius 2 is 1.48 bits per heavy atom. The Balaban J connectivity index is 1.82. The summed E-state index contributed by atoms with van der Waals surface area (Å²) in [5, 5.41) is 0. The molecule has 7 nitrogen and oxygen atoms in total.